The molecule has 0 aliphatic heterocycles. The number of benzene rings is 1. The van der Waals surface area contributed by atoms with Crippen molar-refractivity contribution in [2.45, 2.75) is 0 Å². The van der Waals surface area contributed by atoms with Crippen molar-refractivity contribution >= 4 is 27.3 Å². The van der Waals surface area contributed by atoms with Gasteiger partial charge in [-0.1, -0.05) is 12.1 Å². The predicted octanol–water partition coefficient (Wildman–Crippen LogP) is 1.33. The number of nitrogens with one attached hydrogen (secondary N) is 1. The van der Waals surface area contributed by atoms with Gasteiger partial charge >= 0.3 is 0 Å². The van der Waals surface area contributed by atoms with Gasteiger partial charge in [0, 0.05) is 0 Å². The lowest BCUT2D eigenvalue weighted by Crippen LogP contribution is -2.13. The molecule has 1 aromatic rings. The number of aromatic hydroxyl groups is 1. The van der Waals surface area contributed by atoms with Crippen LogP contribution >= 0.6 is 11.6 Å². The summed E-state index contributed by atoms with van der Waals surface area (Å²) in [6, 6.07) is 6.02. The molecule has 0 fully saturated rings. The van der Waals surface area contributed by atoms with E-state index in [1.54, 1.807) is 12.1 Å². The summed E-state index contributed by atoms with van der Waals surface area (Å²) in [6.07, 6.45) is 0. The summed E-state index contributed by atoms with van der Waals surface area (Å²) in [4.78, 5) is 0. The maximum atomic E-state index is 11.0. The van der Waals surface area contributed by atoms with Gasteiger partial charge in [-0.25, -0.2) is 8.42 Å². The van der Waals surface area contributed by atoms with Crippen LogP contribution in [0.1, 0.15) is 0 Å². The first-order chi connectivity index (χ1) is 6.05. The van der Waals surface area contributed by atoms with E-state index in [0.29, 0.717) is 0 Å². The zero-order valence-electron chi connectivity index (χ0n) is 6.57. The first kappa shape index (κ1) is 10.1. The fourth-order valence-corrected chi connectivity index (χ4v) is 1.48. The molecule has 0 bridgehead atoms. The molecule has 13 heavy (non-hydrogen) atoms. The van der Waals surface area contributed by atoms with Crippen LogP contribution in [0.5, 0.6) is 5.75 Å². The smallest absolute Gasteiger partial charge is 0.246 e. The Morgan fingerprint density at radius 1 is 1.38 bits per heavy atom. The van der Waals surface area contributed by atoms with E-state index in [9.17, 15) is 13.5 Å². The number of hydrogen-bond donors (Lipinski definition) is 2. The number of rotatable bonds is 3. The van der Waals surface area contributed by atoms with Gasteiger partial charge in [0.1, 0.15) is 11.0 Å². The van der Waals surface area contributed by atoms with Crippen molar-refractivity contribution in [2.24, 2.45) is 0 Å². The second-order valence-corrected chi connectivity index (χ2v) is 4.65. The van der Waals surface area contributed by atoms with Crippen molar-refractivity contribution < 1.29 is 13.5 Å². The minimum Gasteiger partial charge on any atom is -0.506 e. The van der Waals surface area contributed by atoms with Crippen LogP contribution in [0.2, 0.25) is 0 Å². The Morgan fingerprint density at radius 2 is 2.00 bits per heavy atom. The summed E-state index contributed by atoms with van der Waals surface area (Å²) in [6.45, 7) is 0. The Bertz CT molecular complexity index is 390. The van der Waals surface area contributed by atoms with Gasteiger partial charge in [-0.2, -0.15) is 0 Å². The lowest BCUT2D eigenvalue weighted by molar-refractivity contribution is 0.477. The molecule has 6 heteroatoms. The second kappa shape index (κ2) is 3.85. The highest BCUT2D eigenvalue weighted by molar-refractivity contribution is 7.93. The third-order valence-electron chi connectivity index (χ3n) is 1.31. The first-order valence-corrected chi connectivity index (χ1v) is 5.58. The first-order valence-electron chi connectivity index (χ1n) is 3.39. The molecule has 4 nitrogen and oxygen atoms in total. The Hall–Kier alpha value is -0.940. The molecule has 0 spiro atoms. The van der Waals surface area contributed by atoms with E-state index in [2.05, 4.69) is 4.72 Å². The van der Waals surface area contributed by atoms with E-state index in [1.807, 2.05) is 0 Å². The second-order valence-electron chi connectivity index (χ2n) is 2.34. The number of phenols is 1. The van der Waals surface area contributed by atoms with Crippen LogP contribution in [0.3, 0.4) is 0 Å². The van der Waals surface area contributed by atoms with Gasteiger partial charge < -0.3 is 5.11 Å². The van der Waals surface area contributed by atoms with Crippen molar-refractivity contribution in [2.75, 3.05) is 9.93 Å². The normalized spacial score (nSPS) is 11.2. The summed E-state index contributed by atoms with van der Waals surface area (Å²) in [7, 11) is -3.54. The van der Waals surface area contributed by atoms with Crippen LogP contribution in [0, 0.1) is 0 Å². The average Bonchev–Trinajstić information content (AvgIpc) is 2.09. The lowest BCUT2D eigenvalue weighted by atomic mass is 10.3. The number of para-hydroxylation sites is 2. The maximum Gasteiger partial charge on any atom is 0.246 e. The molecule has 0 heterocycles. The van der Waals surface area contributed by atoms with E-state index in [4.69, 9.17) is 11.6 Å². The van der Waals surface area contributed by atoms with Crippen LogP contribution < -0.4 is 4.72 Å². The number of phenolic OH excluding ortho intramolecular Hbond substituents is 1. The highest BCUT2D eigenvalue weighted by Crippen LogP contribution is 2.22. The SMILES string of the molecule is O=S(=O)(CCl)Nc1ccccc1O. The molecule has 0 aromatic heterocycles. The fourth-order valence-electron chi connectivity index (χ4n) is 0.755. The van der Waals surface area contributed by atoms with Crippen LogP contribution in [0.15, 0.2) is 24.3 Å². The highest BCUT2D eigenvalue weighted by Gasteiger charge is 2.09. The molecule has 0 aliphatic carbocycles. The van der Waals surface area contributed by atoms with Gasteiger partial charge in [0.2, 0.25) is 10.0 Å². The minimum absolute atomic E-state index is 0.128. The molecular weight excluding hydrogens is 214 g/mol. The van der Waals surface area contributed by atoms with E-state index in [1.165, 1.54) is 12.1 Å². The summed E-state index contributed by atoms with van der Waals surface area (Å²) >= 11 is 5.16. The van der Waals surface area contributed by atoms with Crippen LogP contribution in [0.4, 0.5) is 5.69 Å². The topological polar surface area (TPSA) is 66.4 Å². The number of alkyl halides is 1. The molecule has 2 N–H and O–H groups in total. The fraction of sp³-hybridized carbons (Fsp3) is 0.143. The van der Waals surface area contributed by atoms with Crippen LogP contribution in [-0.2, 0) is 10.0 Å². The van der Waals surface area contributed by atoms with Crippen LogP contribution in [-0.4, -0.2) is 18.7 Å². The third-order valence-corrected chi connectivity index (χ3v) is 2.99. The molecule has 72 valence electrons. The molecule has 0 atom stereocenters. The van der Waals surface area contributed by atoms with Gasteiger partial charge in [-0.3, -0.25) is 4.72 Å². The Balaban J connectivity index is 2.93. The van der Waals surface area contributed by atoms with Gasteiger partial charge in [0.15, 0.2) is 0 Å². The van der Waals surface area contributed by atoms with Crippen molar-refractivity contribution in [3.05, 3.63) is 24.3 Å². The summed E-state index contributed by atoms with van der Waals surface area (Å²) in [5, 5.41) is 8.66. The molecule has 0 unspecified atom stereocenters. The van der Waals surface area contributed by atoms with Crippen molar-refractivity contribution in [1.29, 1.82) is 0 Å². The number of sulfonamides is 1. The van der Waals surface area contributed by atoms with E-state index in [-0.39, 0.29) is 11.4 Å². The Kier molecular flexibility index (Phi) is 3.00. The number of anilines is 1. The molecule has 0 saturated carbocycles. The molecule has 0 amide bonds. The van der Waals surface area contributed by atoms with E-state index in [0.717, 1.165) is 0 Å². The van der Waals surface area contributed by atoms with E-state index < -0.39 is 15.2 Å². The summed E-state index contributed by atoms with van der Waals surface area (Å²) in [5.74, 6) is -0.129. The van der Waals surface area contributed by atoms with Crippen molar-refractivity contribution in [3.63, 3.8) is 0 Å². The van der Waals surface area contributed by atoms with Gasteiger partial charge in [0.25, 0.3) is 0 Å². The highest BCUT2D eigenvalue weighted by atomic mass is 35.5. The largest absolute Gasteiger partial charge is 0.506 e. The molecular formula is C7H8ClNO3S. The molecule has 1 rings (SSSR count). The molecule has 1 aromatic carbocycles. The Morgan fingerprint density at radius 3 is 2.54 bits per heavy atom. The predicted molar refractivity (Wildman–Crippen MR) is 51.4 cm³/mol. The number of hydrogen-bond acceptors (Lipinski definition) is 3. The maximum absolute atomic E-state index is 11.0. The van der Waals surface area contributed by atoms with Gasteiger partial charge in [0.05, 0.1) is 5.69 Å². The molecule has 0 saturated heterocycles. The molecule has 0 aliphatic rings. The van der Waals surface area contributed by atoms with Gasteiger partial charge in [-0.05, 0) is 12.1 Å². The summed E-state index contributed by atoms with van der Waals surface area (Å²) < 4.78 is 24.1. The monoisotopic (exact) mass is 221 g/mol. The number of halogens is 1. The quantitative estimate of drug-likeness (QED) is 0.598. The van der Waals surface area contributed by atoms with Gasteiger partial charge in [-0.15, -0.1) is 11.6 Å². The van der Waals surface area contributed by atoms with Crippen molar-refractivity contribution in [3.8, 4) is 5.75 Å². The third kappa shape index (κ3) is 2.78. The summed E-state index contributed by atoms with van der Waals surface area (Å²) in [5.41, 5.74) is 0.128. The molecule has 0 radical (unpaired) electrons. The minimum atomic E-state index is -3.54. The zero-order valence-corrected chi connectivity index (χ0v) is 8.14. The standard InChI is InChI=1S/C7H8ClNO3S/c8-5-13(11,12)9-6-3-1-2-4-7(6)10/h1-4,9-10H,5H2. The lowest BCUT2D eigenvalue weighted by Gasteiger charge is -2.05. The van der Waals surface area contributed by atoms with Crippen molar-refractivity contribution in [1.82, 2.24) is 0 Å². The Labute approximate surface area is 81.2 Å². The zero-order chi connectivity index (χ0) is 9.90. The van der Waals surface area contributed by atoms with E-state index >= 15 is 0 Å². The van der Waals surface area contributed by atoms with Crippen LogP contribution in [0.25, 0.3) is 0 Å². The average molecular weight is 222 g/mol.